The molecule has 0 amide bonds. The predicted molar refractivity (Wildman–Crippen MR) is 52.7 cm³/mol. The Kier molecular flexibility index (Phi) is 2.56. The summed E-state index contributed by atoms with van der Waals surface area (Å²) in [5.74, 6) is 0. The van der Waals surface area contributed by atoms with Crippen molar-refractivity contribution in [2.75, 3.05) is 0 Å². The van der Waals surface area contributed by atoms with Crippen LogP contribution in [0, 0.1) is 0 Å². The van der Waals surface area contributed by atoms with E-state index in [1.165, 1.54) is 6.07 Å². The third kappa shape index (κ3) is 2.84. The fraction of sp³-hybridized carbons (Fsp3) is 0.273. The molecule has 0 saturated heterocycles. The van der Waals surface area contributed by atoms with Gasteiger partial charge in [0.2, 0.25) is 0 Å². The van der Waals surface area contributed by atoms with Crippen LogP contribution in [0.1, 0.15) is 28.2 Å². The summed E-state index contributed by atoms with van der Waals surface area (Å²) < 4.78 is 59.0. The Morgan fingerprint density at radius 1 is 1.56 bits per heavy atom. The minimum atomic E-state index is -4.57. The van der Waals surface area contributed by atoms with Gasteiger partial charge in [0, 0.05) is 4.11 Å². The smallest absolute Gasteiger partial charge is 0.251 e. The van der Waals surface area contributed by atoms with Crippen molar-refractivity contribution in [1.82, 2.24) is 0 Å². The lowest BCUT2D eigenvalue weighted by Crippen LogP contribution is -2.08. The second kappa shape index (κ2) is 4.67. The lowest BCUT2D eigenvalue weighted by molar-refractivity contribution is -0.271. The van der Waals surface area contributed by atoms with Gasteiger partial charge in [-0.05, 0) is 30.1 Å². The lowest BCUT2D eigenvalue weighted by atomic mass is 10.0. The SMILES string of the molecule is [2H]C([2H])([2H])C(=C)C(OO)c1cccc(C(F)(F)F)c1. The van der Waals surface area contributed by atoms with Gasteiger partial charge in [-0.3, -0.25) is 5.26 Å². The molecule has 0 radical (unpaired) electrons. The van der Waals surface area contributed by atoms with Crippen molar-refractivity contribution in [2.45, 2.75) is 19.1 Å². The summed E-state index contributed by atoms with van der Waals surface area (Å²) in [5.41, 5.74) is -1.61. The average Bonchev–Trinajstić information content (AvgIpc) is 2.28. The van der Waals surface area contributed by atoms with Crippen molar-refractivity contribution in [2.24, 2.45) is 0 Å². The van der Waals surface area contributed by atoms with Gasteiger partial charge in [0.1, 0.15) is 6.10 Å². The van der Waals surface area contributed by atoms with Crippen molar-refractivity contribution in [3.05, 3.63) is 47.5 Å². The van der Waals surface area contributed by atoms with Crippen molar-refractivity contribution in [3.63, 3.8) is 0 Å². The molecule has 0 fully saturated rings. The summed E-state index contributed by atoms with van der Waals surface area (Å²) in [6.45, 7) is 0.585. The Morgan fingerprint density at radius 2 is 2.25 bits per heavy atom. The molecule has 0 aliphatic rings. The van der Waals surface area contributed by atoms with Crippen LogP contribution in [0.25, 0.3) is 0 Å². The van der Waals surface area contributed by atoms with Crippen LogP contribution < -0.4 is 0 Å². The van der Waals surface area contributed by atoms with E-state index in [1.807, 2.05) is 0 Å². The molecule has 0 aliphatic carbocycles. The zero-order valence-corrected chi connectivity index (χ0v) is 8.08. The molecule has 0 aliphatic heterocycles. The quantitative estimate of drug-likeness (QED) is 0.490. The third-order valence-corrected chi connectivity index (χ3v) is 1.94. The molecule has 0 aromatic heterocycles. The Bertz CT molecular complexity index is 469. The van der Waals surface area contributed by atoms with Crippen LogP contribution in [0.5, 0.6) is 0 Å². The highest BCUT2D eigenvalue weighted by molar-refractivity contribution is 5.30. The lowest BCUT2D eigenvalue weighted by Gasteiger charge is -2.15. The Morgan fingerprint density at radius 3 is 2.75 bits per heavy atom. The van der Waals surface area contributed by atoms with Gasteiger partial charge >= 0.3 is 6.18 Å². The minimum Gasteiger partial charge on any atom is -0.251 e. The first kappa shape index (κ1) is 8.78. The maximum absolute atomic E-state index is 12.5. The van der Waals surface area contributed by atoms with E-state index in [0.29, 0.717) is 6.07 Å². The molecule has 88 valence electrons. The third-order valence-electron chi connectivity index (χ3n) is 1.94. The summed E-state index contributed by atoms with van der Waals surface area (Å²) in [7, 11) is 0. The highest BCUT2D eigenvalue weighted by Crippen LogP contribution is 2.32. The average molecular weight is 235 g/mol. The molecule has 1 unspecified atom stereocenters. The fourth-order valence-corrected chi connectivity index (χ4v) is 1.20. The Labute approximate surface area is 95.1 Å². The van der Waals surface area contributed by atoms with Gasteiger partial charge in [0.15, 0.2) is 0 Å². The van der Waals surface area contributed by atoms with Crippen molar-refractivity contribution < 1.29 is 27.4 Å². The van der Waals surface area contributed by atoms with E-state index >= 15 is 0 Å². The normalized spacial score (nSPS) is 17.1. The largest absolute Gasteiger partial charge is 0.416 e. The molecule has 1 aromatic rings. The number of hydrogen-bond donors (Lipinski definition) is 1. The van der Waals surface area contributed by atoms with Crippen LogP contribution in [-0.4, -0.2) is 5.26 Å². The molecule has 5 heteroatoms. The Hall–Kier alpha value is -1.33. The number of halogens is 3. The van der Waals surface area contributed by atoms with Crippen molar-refractivity contribution in [1.29, 1.82) is 0 Å². The zero-order valence-electron chi connectivity index (χ0n) is 11.1. The van der Waals surface area contributed by atoms with Crippen molar-refractivity contribution >= 4 is 0 Å². The van der Waals surface area contributed by atoms with Crippen LogP contribution in [-0.2, 0) is 11.1 Å². The van der Waals surface area contributed by atoms with Crippen LogP contribution in [0.3, 0.4) is 0 Å². The van der Waals surface area contributed by atoms with Crippen LogP contribution >= 0.6 is 0 Å². The van der Waals surface area contributed by atoms with E-state index in [-0.39, 0.29) is 5.56 Å². The second-order valence-corrected chi connectivity index (χ2v) is 3.13. The molecule has 0 bridgehead atoms. The van der Waals surface area contributed by atoms with E-state index in [2.05, 4.69) is 11.5 Å². The number of alkyl halides is 3. The fourth-order valence-electron chi connectivity index (χ4n) is 1.20. The number of benzene rings is 1. The van der Waals surface area contributed by atoms with E-state index in [4.69, 9.17) is 9.37 Å². The van der Waals surface area contributed by atoms with Crippen molar-refractivity contribution in [3.8, 4) is 0 Å². The highest BCUT2D eigenvalue weighted by atomic mass is 19.4. The highest BCUT2D eigenvalue weighted by Gasteiger charge is 2.31. The Balaban J connectivity index is 3.17. The second-order valence-electron chi connectivity index (χ2n) is 3.13. The van der Waals surface area contributed by atoms with E-state index in [9.17, 15) is 13.2 Å². The van der Waals surface area contributed by atoms with Gasteiger partial charge in [-0.15, -0.1) is 0 Å². The molecule has 2 nitrogen and oxygen atoms in total. The van der Waals surface area contributed by atoms with Gasteiger partial charge < -0.3 is 0 Å². The minimum absolute atomic E-state index is 0.140. The molecule has 1 atom stereocenters. The van der Waals surface area contributed by atoms with Gasteiger partial charge in [-0.1, -0.05) is 18.7 Å². The maximum Gasteiger partial charge on any atom is 0.416 e. The molecule has 1 rings (SSSR count). The van der Waals surface area contributed by atoms with Crippen LogP contribution in [0.15, 0.2) is 36.4 Å². The van der Waals surface area contributed by atoms with Gasteiger partial charge in [-0.2, -0.15) is 13.2 Å². The molecule has 1 N–H and O–H groups in total. The molecule has 1 aromatic carbocycles. The summed E-state index contributed by atoms with van der Waals surface area (Å²) in [6, 6.07) is 3.85. The van der Waals surface area contributed by atoms with E-state index in [0.717, 1.165) is 12.1 Å². The summed E-state index contributed by atoms with van der Waals surface area (Å²) >= 11 is 0. The standard InChI is InChI=1S/C11H11F3O2/c1-7(2)10(16-15)8-4-3-5-9(6-8)11(12,13)14/h3-6,10,15H,1H2,2H3/i2D3. The summed E-state index contributed by atoms with van der Waals surface area (Å²) in [5, 5.41) is 8.71. The van der Waals surface area contributed by atoms with Crippen LogP contribution in [0.2, 0.25) is 0 Å². The summed E-state index contributed by atoms with van der Waals surface area (Å²) in [6.07, 6.45) is -6.12. The first-order valence-corrected chi connectivity index (χ1v) is 4.24. The van der Waals surface area contributed by atoms with Gasteiger partial charge in [-0.25, -0.2) is 4.89 Å². The first-order chi connectivity index (χ1) is 8.57. The topological polar surface area (TPSA) is 29.5 Å². The molecule has 0 saturated carbocycles. The van der Waals surface area contributed by atoms with Crippen LogP contribution in [0.4, 0.5) is 13.2 Å². The van der Waals surface area contributed by atoms with E-state index in [1.54, 1.807) is 0 Å². The molecular formula is C11H11F3O2. The molecular weight excluding hydrogens is 221 g/mol. The number of hydrogen-bond acceptors (Lipinski definition) is 2. The molecule has 0 spiro atoms. The first-order valence-electron chi connectivity index (χ1n) is 5.74. The van der Waals surface area contributed by atoms with Gasteiger partial charge in [0.05, 0.1) is 5.56 Å². The zero-order chi connectivity index (χ0) is 14.8. The predicted octanol–water partition coefficient (Wildman–Crippen LogP) is 3.81. The number of rotatable bonds is 3. The van der Waals surface area contributed by atoms with Gasteiger partial charge in [0.25, 0.3) is 0 Å². The van der Waals surface area contributed by atoms with E-state index < -0.39 is 30.3 Å². The summed E-state index contributed by atoms with van der Waals surface area (Å²) in [4.78, 5) is 3.97. The molecule has 0 heterocycles. The molecule has 16 heavy (non-hydrogen) atoms. The maximum atomic E-state index is 12.5. The monoisotopic (exact) mass is 235 g/mol.